The fourth-order valence-corrected chi connectivity index (χ4v) is 1.59. The Morgan fingerprint density at radius 3 is 2.74 bits per heavy atom. The first kappa shape index (κ1) is 14.8. The molecular weight excluding hydrogens is 254 g/mol. The van der Waals surface area contributed by atoms with Gasteiger partial charge in [-0.05, 0) is 17.7 Å². The van der Waals surface area contributed by atoms with Crippen LogP contribution < -0.4 is 4.74 Å². The van der Waals surface area contributed by atoms with Crippen molar-refractivity contribution in [3.05, 3.63) is 33.7 Å². The van der Waals surface area contributed by atoms with Gasteiger partial charge in [-0.3, -0.25) is 4.79 Å². The molecule has 0 bridgehead atoms. The number of nitrogens with zero attached hydrogens (tertiary/aromatic N) is 3. The van der Waals surface area contributed by atoms with Gasteiger partial charge in [-0.2, -0.15) is 0 Å². The van der Waals surface area contributed by atoms with E-state index < -0.39 is 24.5 Å². The maximum atomic E-state index is 10.9. The minimum absolute atomic E-state index is 0.00536. The van der Waals surface area contributed by atoms with Crippen LogP contribution in [0.25, 0.3) is 10.4 Å². The van der Waals surface area contributed by atoms with Crippen molar-refractivity contribution in [3.63, 3.8) is 0 Å². The number of carbonyl (C=O) groups excluding carboxylic acids is 1. The molecule has 0 aromatic heterocycles. The molecule has 0 heterocycles. The standard InChI is InChI=1S/C11H13N3O5/c1-19-8-3-2-6(5-15)9(11(8)18)10(17)7(16)4-13-14-12/h2-3,5,7,10,16-18H,4H2,1H3. The number of ether oxygens (including phenoxy) is 1. The zero-order chi connectivity index (χ0) is 14.4. The predicted octanol–water partition coefficient (Wildman–Crippen LogP) is 0.918. The van der Waals surface area contributed by atoms with Crippen molar-refractivity contribution >= 4 is 6.29 Å². The maximum absolute atomic E-state index is 10.9. The molecule has 0 fully saturated rings. The first-order chi connectivity index (χ1) is 9.06. The molecule has 102 valence electrons. The zero-order valence-electron chi connectivity index (χ0n) is 10.1. The highest BCUT2D eigenvalue weighted by atomic mass is 16.5. The second-order valence-electron chi connectivity index (χ2n) is 3.66. The summed E-state index contributed by atoms with van der Waals surface area (Å²) in [6, 6.07) is 2.69. The van der Waals surface area contributed by atoms with E-state index in [1.165, 1.54) is 19.2 Å². The first-order valence-electron chi connectivity index (χ1n) is 5.28. The second-order valence-corrected chi connectivity index (χ2v) is 3.66. The molecule has 8 nitrogen and oxygen atoms in total. The highest BCUT2D eigenvalue weighted by Gasteiger charge is 2.25. The van der Waals surface area contributed by atoms with Gasteiger partial charge in [0.15, 0.2) is 17.8 Å². The Labute approximate surface area is 108 Å². The highest BCUT2D eigenvalue weighted by Crippen LogP contribution is 2.37. The van der Waals surface area contributed by atoms with Gasteiger partial charge in [0.05, 0.1) is 19.8 Å². The lowest BCUT2D eigenvalue weighted by molar-refractivity contribution is 0.0224. The molecular formula is C11H13N3O5. The van der Waals surface area contributed by atoms with Crippen LogP contribution in [0.5, 0.6) is 11.5 Å². The summed E-state index contributed by atoms with van der Waals surface area (Å²) in [4.78, 5) is 13.3. The molecule has 1 aromatic carbocycles. The monoisotopic (exact) mass is 267 g/mol. The second kappa shape index (κ2) is 6.60. The summed E-state index contributed by atoms with van der Waals surface area (Å²) in [6.45, 7) is -0.396. The van der Waals surface area contributed by atoms with Gasteiger partial charge in [-0.25, -0.2) is 0 Å². The molecule has 0 radical (unpaired) electrons. The number of hydrogen-bond donors (Lipinski definition) is 3. The average molecular weight is 267 g/mol. The van der Waals surface area contributed by atoms with E-state index in [1.807, 2.05) is 0 Å². The molecule has 2 atom stereocenters. The van der Waals surface area contributed by atoms with E-state index >= 15 is 0 Å². The van der Waals surface area contributed by atoms with E-state index in [4.69, 9.17) is 10.3 Å². The van der Waals surface area contributed by atoms with Gasteiger partial charge in [-0.15, -0.1) is 0 Å². The van der Waals surface area contributed by atoms with Gasteiger partial charge < -0.3 is 20.1 Å². The van der Waals surface area contributed by atoms with Crippen LogP contribution in [-0.4, -0.2) is 41.4 Å². The molecule has 3 N–H and O–H groups in total. The minimum atomic E-state index is -1.58. The number of aliphatic hydroxyl groups is 2. The molecule has 0 saturated heterocycles. The quantitative estimate of drug-likeness (QED) is 0.304. The number of rotatable bonds is 6. The molecule has 19 heavy (non-hydrogen) atoms. The van der Waals surface area contributed by atoms with Crippen LogP contribution in [0.2, 0.25) is 0 Å². The van der Waals surface area contributed by atoms with Crippen LogP contribution in [0, 0.1) is 0 Å². The number of hydrogen-bond acceptors (Lipinski definition) is 6. The van der Waals surface area contributed by atoms with Crippen LogP contribution in [0.3, 0.4) is 0 Å². The number of carbonyl (C=O) groups is 1. The number of aliphatic hydroxyl groups excluding tert-OH is 2. The molecule has 0 aliphatic heterocycles. The third-order valence-corrected chi connectivity index (χ3v) is 2.55. The largest absolute Gasteiger partial charge is 0.504 e. The van der Waals surface area contributed by atoms with Crippen molar-refractivity contribution in [3.8, 4) is 11.5 Å². The normalized spacial score (nSPS) is 13.2. The number of phenols is 1. The SMILES string of the molecule is COc1ccc(C=O)c(C(O)C(O)CN=[N+]=[N-])c1O. The van der Waals surface area contributed by atoms with Crippen molar-refractivity contribution in [2.24, 2.45) is 5.11 Å². The van der Waals surface area contributed by atoms with Gasteiger partial charge in [0, 0.05) is 16.0 Å². The van der Waals surface area contributed by atoms with Crippen LogP contribution in [0.15, 0.2) is 17.2 Å². The molecule has 0 saturated carbocycles. The summed E-state index contributed by atoms with van der Waals surface area (Å²) in [5.74, 6) is -0.393. The molecule has 0 aliphatic carbocycles. The Bertz CT molecular complexity index is 513. The highest BCUT2D eigenvalue weighted by molar-refractivity contribution is 5.80. The molecule has 1 rings (SSSR count). The lowest BCUT2D eigenvalue weighted by atomic mass is 9.97. The number of phenolic OH excluding ortho intramolecular Hbond substituents is 1. The third kappa shape index (κ3) is 3.14. The third-order valence-electron chi connectivity index (χ3n) is 2.55. The Morgan fingerprint density at radius 1 is 1.53 bits per heavy atom. The van der Waals surface area contributed by atoms with Gasteiger partial charge >= 0.3 is 0 Å². The van der Waals surface area contributed by atoms with Crippen LogP contribution >= 0.6 is 0 Å². The average Bonchev–Trinajstić information content (AvgIpc) is 2.43. The van der Waals surface area contributed by atoms with E-state index in [2.05, 4.69) is 10.0 Å². The minimum Gasteiger partial charge on any atom is -0.504 e. The summed E-state index contributed by atoms with van der Waals surface area (Å²) in [5.41, 5.74) is 7.98. The Kier molecular flexibility index (Phi) is 5.13. The number of benzene rings is 1. The molecule has 1 aromatic rings. The fraction of sp³-hybridized carbons (Fsp3) is 0.364. The van der Waals surface area contributed by atoms with Crippen molar-refractivity contribution in [2.75, 3.05) is 13.7 Å². The fourth-order valence-electron chi connectivity index (χ4n) is 1.59. The predicted molar refractivity (Wildman–Crippen MR) is 65.0 cm³/mol. The first-order valence-corrected chi connectivity index (χ1v) is 5.28. The lowest BCUT2D eigenvalue weighted by Crippen LogP contribution is -2.22. The summed E-state index contributed by atoms with van der Waals surface area (Å²) >= 11 is 0. The summed E-state index contributed by atoms with van der Waals surface area (Å²) in [5, 5.41) is 32.6. The van der Waals surface area contributed by atoms with E-state index in [9.17, 15) is 20.1 Å². The van der Waals surface area contributed by atoms with Crippen LogP contribution in [0.1, 0.15) is 22.0 Å². The summed E-state index contributed by atoms with van der Waals surface area (Å²) < 4.78 is 4.86. The van der Waals surface area contributed by atoms with Gasteiger partial charge in [0.25, 0.3) is 0 Å². The lowest BCUT2D eigenvalue weighted by Gasteiger charge is -2.20. The molecule has 2 unspecified atom stereocenters. The van der Waals surface area contributed by atoms with Gasteiger partial charge in [0.1, 0.15) is 6.10 Å². The topological polar surface area (TPSA) is 136 Å². The molecule has 0 amide bonds. The molecule has 0 aliphatic rings. The number of aromatic hydroxyl groups is 1. The van der Waals surface area contributed by atoms with Crippen LogP contribution in [0.4, 0.5) is 0 Å². The van der Waals surface area contributed by atoms with Crippen molar-refractivity contribution in [1.29, 1.82) is 0 Å². The maximum Gasteiger partial charge on any atom is 0.164 e. The molecule has 8 heteroatoms. The van der Waals surface area contributed by atoms with Gasteiger partial charge in [-0.1, -0.05) is 5.11 Å². The van der Waals surface area contributed by atoms with Crippen LogP contribution in [-0.2, 0) is 0 Å². The van der Waals surface area contributed by atoms with E-state index in [0.717, 1.165) is 0 Å². The van der Waals surface area contributed by atoms with Crippen molar-refractivity contribution < 1.29 is 24.9 Å². The van der Waals surface area contributed by atoms with E-state index in [-0.39, 0.29) is 16.9 Å². The Hall–Kier alpha value is -2.28. The Balaban J connectivity index is 3.22. The van der Waals surface area contributed by atoms with E-state index in [1.54, 1.807) is 0 Å². The number of aldehydes is 1. The van der Waals surface area contributed by atoms with Crippen molar-refractivity contribution in [1.82, 2.24) is 0 Å². The molecule has 0 spiro atoms. The number of methoxy groups -OCH3 is 1. The van der Waals surface area contributed by atoms with Crippen molar-refractivity contribution in [2.45, 2.75) is 12.2 Å². The van der Waals surface area contributed by atoms with E-state index in [0.29, 0.717) is 6.29 Å². The zero-order valence-corrected chi connectivity index (χ0v) is 10.1. The van der Waals surface area contributed by atoms with Gasteiger partial charge in [0.2, 0.25) is 0 Å². The number of azide groups is 1. The summed E-state index contributed by atoms with van der Waals surface area (Å²) in [6.07, 6.45) is -2.61. The smallest absolute Gasteiger partial charge is 0.164 e. The Morgan fingerprint density at radius 2 is 2.21 bits per heavy atom. The summed E-state index contributed by atoms with van der Waals surface area (Å²) in [7, 11) is 1.31.